The van der Waals surface area contributed by atoms with Gasteiger partial charge in [-0.3, -0.25) is 10.1 Å². The van der Waals surface area contributed by atoms with Crippen LogP contribution >= 0.6 is 22.7 Å². The van der Waals surface area contributed by atoms with Crippen LogP contribution in [-0.2, 0) is 26.1 Å². The minimum atomic E-state index is -3.36. The van der Waals surface area contributed by atoms with Crippen molar-refractivity contribution in [1.82, 2.24) is 15.0 Å². The number of carbonyl (C=O) groups excluding carboxylic acids is 1. The summed E-state index contributed by atoms with van der Waals surface area (Å²) in [5.41, 5.74) is 6.41. The monoisotopic (exact) mass is 558 g/mol. The highest BCUT2D eigenvalue weighted by Crippen LogP contribution is 2.33. The zero-order valence-corrected chi connectivity index (χ0v) is 21.8. The molecule has 37 heavy (non-hydrogen) atoms. The van der Waals surface area contributed by atoms with E-state index in [-0.39, 0.29) is 22.5 Å². The fourth-order valence-electron chi connectivity index (χ4n) is 3.33. The fraction of sp³-hybridized carbons (Fsp3) is 0.261. The summed E-state index contributed by atoms with van der Waals surface area (Å²) in [6.07, 6.45) is 2.98. The molecular weight excluding hydrogens is 536 g/mol. The van der Waals surface area contributed by atoms with E-state index in [1.165, 1.54) is 34.8 Å². The Bertz CT molecular complexity index is 1530. The molecule has 192 valence electrons. The molecule has 1 aromatic carbocycles. The molecule has 1 aliphatic rings. The minimum absolute atomic E-state index is 0.0360. The van der Waals surface area contributed by atoms with Gasteiger partial charge in [0, 0.05) is 29.8 Å². The van der Waals surface area contributed by atoms with Crippen molar-refractivity contribution < 1.29 is 22.8 Å². The van der Waals surface area contributed by atoms with E-state index < -0.39 is 15.7 Å². The topological polar surface area (TPSA) is 159 Å². The Kier molecular flexibility index (Phi) is 7.41. The number of ether oxygens (including phenoxy) is 1. The second-order valence-corrected chi connectivity index (χ2v) is 12.2. The first-order valence-electron chi connectivity index (χ1n) is 11.3. The Morgan fingerprint density at radius 3 is 2.68 bits per heavy atom. The van der Waals surface area contributed by atoms with Crippen molar-refractivity contribution >= 4 is 59.6 Å². The number of oxime groups is 1. The Hall–Kier alpha value is -3.46. The van der Waals surface area contributed by atoms with Gasteiger partial charge in [0.1, 0.15) is 22.0 Å². The lowest BCUT2D eigenvalue weighted by molar-refractivity contribution is -0.110. The third-order valence-corrected chi connectivity index (χ3v) is 9.19. The number of nitrogens with one attached hydrogen (secondary N) is 1. The van der Waals surface area contributed by atoms with Crippen molar-refractivity contribution in [1.29, 1.82) is 0 Å². The number of hydrogen-bond donors (Lipinski definition) is 2. The third-order valence-electron chi connectivity index (χ3n) is 5.28. The second kappa shape index (κ2) is 10.9. The first-order chi connectivity index (χ1) is 17.9. The van der Waals surface area contributed by atoms with Crippen LogP contribution in [-0.4, -0.2) is 53.4 Å². The average molecular weight is 559 g/mol. The van der Waals surface area contributed by atoms with Gasteiger partial charge in [-0.1, -0.05) is 28.6 Å². The summed E-state index contributed by atoms with van der Waals surface area (Å²) in [6.45, 7) is 0.783. The molecule has 0 radical (unpaired) electrons. The van der Waals surface area contributed by atoms with Crippen LogP contribution in [0.5, 0.6) is 5.88 Å². The largest absolute Gasteiger partial charge is 0.476 e. The quantitative estimate of drug-likeness (QED) is 0.208. The molecule has 1 fully saturated rings. The van der Waals surface area contributed by atoms with Crippen molar-refractivity contribution in [2.45, 2.75) is 29.6 Å². The zero-order valence-electron chi connectivity index (χ0n) is 19.4. The maximum absolute atomic E-state index is 13.2. The number of benzene rings is 1. The number of carbonyl (C=O) groups is 1. The molecule has 4 aromatic rings. The Morgan fingerprint density at radius 1 is 1.16 bits per heavy atom. The van der Waals surface area contributed by atoms with E-state index >= 15 is 0 Å². The fourth-order valence-corrected chi connectivity index (χ4v) is 6.33. The second-order valence-electron chi connectivity index (χ2n) is 7.99. The first kappa shape index (κ1) is 25.2. The van der Waals surface area contributed by atoms with Crippen LogP contribution in [0, 0.1) is 0 Å². The molecule has 3 heterocycles. The van der Waals surface area contributed by atoms with Crippen LogP contribution in [0.2, 0.25) is 0 Å². The van der Waals surface area contributed by atoms with Gasteiger partial charge in [0.2, 0.25) is 5.88 Å². The molecule has 0 unspecified atom stereocenters. The molecule has 14 heteroatoms. The summed E-state index contributed by atoms with van der Waals surface area (Å²) < 4.78 is 30.6. The number of rotatable bonds is 11. The van der Waals surface area contributed by atoms with Gasteiger partial charge in [-0.25, -0.2) is 23.4 Å². The van der Waals surface area contributed by atoms with Crippen molar-refractivity contribution in [2.24, 2.45) is 10.9 Å². The molecule has 5 rings (SSSR count). The van der Waals surface area contributed by atoms with Gasteiger partial charge in [-0.05, 0) is 31.0 Å². The van der Waals surface area contributed by atoms with Gasteiger partial charge in [0.25, 0.3) is 5.91 Å². The first-order valence-corrected chi connectivity index (χ1v) is 14.5. The van der Waals surface area contributed by atoms with Crippen LogP contribution in [0.3, 0.4) is 0 Å². The molecule has 1 saturated carbocycles. The minimum Gasteiger partial charge on any atom is -0.476 e. The Morgan fingerprint density at radius 2 is 1.97 bits per heavy atom. The molecule has 1 aliphatic carbocycles. The predicted molar refractivity (Wildman–Crippen MR) is 141 cm³/mol. The number of amides is 1. The number of thiazole rings is 2. The molecule has 3 N–H and O–H groups in total. The average Bonchev–Trinajstić information content (AvgIpc) is 3.50. The lowest BCUT2D eigenvalue weighted by atomic mass is 10.1. The molecule has 3 aromatic heterocycles. The number of nitrogens with zero attached hydrogens (tertiary/aromatic N) is 4. The van der Waals surface area contributed by atoms with Gasteiger partial charge < -0.3 is 15.3 Å². The Balaban J connectivity index is 1.38. The van der Waals surface area contributed by atoms with Crippen molar-refractivity contribution in [3.63, 3.8) is 0 Å². The smallest absolute Gasteiger partial charge is 0.280 e. The number of anilines is 1. The van der Waals surface area contributed by atoms with E-state index in [9.17, 15) is 13.2 Å². The standard InChI is InChI=1S/C23H22N6O5S3/c24-9-11-33-18-8-7-17-22(27-18)36-23(26-17)28-21(30)20(29-34-13-19-25-10-12-35-19)14-1-3-15(4-2-14)37(31,32)16-5-6-16/h1-4,7-8,10,12,16H,5-6,9,11,13,24H2,(H,26,28,30). The number of sulfone groups is 1. The van der Waals surface area contributed by atoms with E-state index in [1.807, 2.05) is 5.38 Å². The van der Waals surface area contributed by atoms with E-state index in [0.29, 0.717) is 57.9 Å². The van der Waals surface area contributed by atoms with Gasteiger partial charge in [0.15, 0.2) is 27.3 Å². The summed E-state index contributed by atoms with van der Waals surface area (Å²) >= 11 is 2.57. The molecule has 0 aliphatic heterocycles. The molecule has 0 saturated heterocycles. The van der Waals surface area contributed by atoms with E-state index in [0.717, 1.165) is 0 Å². The SMILES string of the molecule is NCCOc1ccc2nc(NC(=O)C(=NOCc3nccs3)c3ccc(S(=O)(=O)C4CC4)cc3)sc2n1. The number of nitrogens with two attached hydrogens (primary N) is 1. The summed E-state index contributed by atoms with van der Waals surface area (Å²) in [7, 11) is -3.36. The van der Waals surface area contributed by atoms with Gasteiger partial charge in [0.05, 0.1) is 10.1 Å². The summed E-state index contributed by atoms with van der Waals surface area (Å²) in [6, 6.07) is 9.47. The van der Waals surface area contributed by atoms with Crippen LogP contribution in [0.25, 0.3) is 10.3 Å². The highest BCUT2D eigenvalue weighted by Gasteiger charge is 2.36. The summed E-state index contributed by atoms with van der Waals surface area (Å²) in [5, 5.41) is 9.28. The van der Waals surface area contributed by atoms with E-state index in [4.69, 9.17) is 15.3 Å². The highest BCUT2D eigenvalue weighted by molar-refractivity contribution is 7.92. The molecule has 11 nitrogen and oxygen atoms in total. The summed E-state index contributed by atoms with van der Waals surface area (Å²) in [4.78, 5) is 32.4. The number of hydrogen-bond acceptors (Lipinski definition) is 12. The zero-order chi connectivity index (χ0) is 25.8. The molecule has 0 atom stereocenters. The summed E-state index contributed by atoms with van der Waals surface area (Å²) in [5.74, 6) is -0.158. The number of pyridine rings is 1. The van der Waals surface area contributed by atoms with Crippen LogP contribution in [0.1, 0.15) is 23.4 Å². The van der Waals surface area contributed by atoms with Crippen molar-refractivity contribution in [2.75, 3.05) is 18.5 Å². The Labute approximate surface area is 220 Å². The van der Waals surface area contributed by atoms with E-state index in [1.54, 1.807) is 30.5 Å². The number of fused-ring (bicyclic) bond motifs is 1. The lowest BCUT2D eigenvalue weighted by Gasteiger charge is -2.08. The molecule has 1 amide bonds. The number of aromatic nitrogens is 3. The van der Waals surface area contributed by atoms with Crippen LogP contribution in [0.15, 0.2) is 58.0 Å². The predicted octanol–water partition coefficient (Wildman–Crippen LogP) is 2.98. The van der Waals surface area contributed by atoms with E-state index in [2.05, 4.69) is 25.4 Å². The van der Waals surface area contributed by atoms with Gasteiger partial charge in [-0.15, -0.1) is 11.3 Å². The van der Waals surface area contributed by atoms with Crippen LogP contribution < -0.4 is 15.8 Å². The third kappa shape index (κ3) is 5.93. The van der Waals surface area contributed by atoms with Crippen molar-refractivity contribution in [3.8, 4) is 5.88 Å². The van der Waals surface area contributed by atoms with Crippen LogP contribution in [0.4, 0.5) is 5.13 Å². The molecular formula is C23H22N6O5S3. The normalized spacial score (nSPS) is 14.0. The van der Waals surface area contributed by atoms with Gasteiger partial charge >= 0.3 is 0 Å². The molecule has 0 bridgehead atoms. The van der Waals surface area contributed by atoms with Gasteiger partial charge in [-0.2, -0.15) is 0 Å². The molecule has 0 spiro atoms. The highest BCUT2D eigenvalue weighted by atomic mass is 32.2. The maximum Gasteiger partial charge on any atom is 0.280 e. The lowest BCUT2D eigenvalue weighted by Crippen LogP contribution is -2.24. The maximum atomic E-state index is 13.2. The van der Waals surface area contributed by atoms with Crippen molar-refractivity contribution in [3.05, 3.63) is 58.5 Å².